The number of piperidine rings is 1. The summed E-state index contributed by atoms with van der Waals surface area (Å²) in [5, 5.41) is 9.30. The lowest BCUT2D eigenvalue weighted by atomic mass is 10.0. The first-order chi connectivity index (χ1) is 9.10. The fourth-order valence-corrected chi connectivity index (χ4v) is 2.94. The van der Waals surface area contributed by atoms with Gasteiger partial charge in [0.2, 0.25) is 0 Å². The minimum absolute atomic E-state index is 0.224. The van der Waals surface area contributed by atoms with E-state index in [0.29, 0.717) is 6.04 Å². The molecule has 1 fully saturated rings. The fraction of sp³-hybridized carbons (Fsp3) is 0.733. The van der Waals surface area contributed by atoms with Gasteiger partial charge in [0.25, 0.3) is 0 Å². The zero-order valence-corrected chi connectivity index (χ0v) is 12.4. The molecule has 4 heteroatoms. The Bertz CT molecular complexity index is 395. The Labute approximate surface area is 116 Å². The molecule has 2 heterocycles. The van der Waals surface area contributed by atoms with Crippen molar-refractivity contribution in [1.29, 1.82) is 0 Å². The fourth-order valence-electron chi connectivity index (χ4n) is 2.94. The van der Waals surface area contributed by atoms with Gasteiger partial charge in [-0.1, -0.05) is 0 Å². The summed E-state index contributed by atoms with van der Waals surface area (Å²) in [6.45, 7) is 8.17. The standard InChI is InChI=1S/C15H26N2O2/c1-12-10-14(13(2)19-12)11-17(8-9-18)15-4-6-16(3)7-5-15/h10,15,18H,4-9,11H2,1-3H3. The van der Waals surface area contributed by atoms with E-state index in [1.54, 1.807) is 0 Å². The topological polar surface area (TPSA) is 39.9 Å². The largest absolute Gasteiger partial charge is 0.466 e. The summed E-state index contributed by atoms with van der Waals surface area (Å²) in [4.78, 5) is 4.78. The van der Waals surface area contributed by atoms with E-state index in [0.717, 1.165) is 37.7 Å². The van der Waals surface area contributed by atoms with Gasteiger partial charge in [-0.15, -0.1) is 0 Å². The number of furan rings is 1. The van der Waals surface area contributed by atoms with Gasteiger partial charge in [0, 0.05) is 24.7 Å². The van der Waals surface area contributed by atoms with Crippen LogP contribution in [0.25, 0.3) is 0 Å². The van der Waals surface area contributed by atoms with E-state index in [4.69, 9.17) is 4.42 Å². The monoisotopic (exact) mass is 266 g/mol. The second-order valence-electron chi connectivity index (χ2n) is 5.67. The van der Waals surface area contributed by atoms with Crippen LogP contribution in [0.5, 0.6) is 0 Å². The Kier molecular flexibility index (Phi) is 5.02. The van der Waals surface area contributed by atoms with Crippen LogP contribution in [0.4, 0.5) is 0 Å². The molecule has 0 amide bonds. The van der Waals surface area contributed by atoms with Crippen molar-refractivity contribution in [3.8, 4) is 0 Å². The molecule has 1 aromatic rings. The number of likely N-dealkylation sites (tertiary alicyclic amines) is 1. The highest BCUT2D eigenvalue weighted by atomic mass is 16.3. The molecule has 19 heavy (non-hydrogen) atoms. The molecule has 2 rings (SSSR count). The maximum absolute atomic E-state index is 9.30. The van der Waals surface area contributed by atoms with E-state index >= 15 is 0 Å². The molecule has 0 aromatic carbocycles. The van der Waals surface area contributed by atoms with Gasteiger partial charge < -0.3 is 14.4 Å². The molecule has 0 unspecified atom stereocenters. The van der Waals surface area contributed by atoms with Gasteiger partial charge in [-0.05, 0) is 52.9 Å². The number of nitrogens with zero attached hydrogens (tertiary/aromatic N) is 2. The molecule has 0 saturated carbocycles. The van der Waals surface area contributed by atoms with Crippen molar-refractivity contribution in [1.82, 2.24) is 9.80 Å². The third-order valence-electron chi connectivity index (χ3n) is 4.11. The van der Waals surface area contributed by atoms with Gasteiger partial charge >= 0.3 is 0 Å². The number of aliphatic hydroxyl groups excluding tert-OH is 1. The van der Waals surface area contributed by atoms with E-state index in [2.05, 4.69) is 22.9 Å². The van der Waals surface area contributed by atoms with Crippen LogP contribution < -0.4 is 0 Å². The summed E-state index contributed by atoms with van der Waals surface area (Å²) in [5.41, 5.74) is 1.25. The molecular formula is C15H26N2O2. The second kappa shape index (κ2) is 6.55. The Hall–Kier alpha value is -0.840. The van der Waals surface area contributed by atoms with Gasteiger partial charge in [0.1, 0.15) is 11.5 Å². The Morgan fingerprint density at radius 3 is 2.58 bits per heavy atom. The number of hydrogen-bond acceptors (Lipinski definition) is 4. The third kappa shape index (κ3) is 3.81. The smallest absolute Gasteiger partial charge is 0.105 e. The maximum Gasteiger partial charge on any atom is 0.105 e. The predicted molar refractivity (Wildman–Crippen MR) is 76.2 cm³/mol. The lowest BCUT2D eigenvalue weighted by Crippen LogP contribution is -2.44. The lowest BCUT2D eigenvalue weighted by molar-refractivity contribution is 0.0937. The van der Waals surface area contributed by atoms with Crippen molar-refractivity contribution < 1.29 is 9.52 Å². The van der Waals surface area contributed by atoms with Crippen molar-refractivity contribution >= 4 is 0 Å². The highest BCUT2D eigenvalue weighted by molar-refractivity contribution is 5.20. The first-order valence-electron chi connectivity index (χ1n) is 7.19. The summed E-state index contributed by atoms with van der Waals surface area (Å²) in [6.07, 6.45) is 2.37. The van der Waals surface area contributed by atoms with Crippen LogP contribution in [0.2, 0.25) is 0 Å². The molecule has 108 valence electrons. The van der Waals surface area contributed by atoms with Gasteiger partial charge in [0.05, 0.1) is 6.61 Å². The van der Waals surface area contributed by atoms with Gasteiger partial charge in [0.15, 0.2) is 0 Å². The molecule has 0 bridgehead atoms. The second-order valence-corrected chi connectivity index (χ2v) is 5.67. The minimum atomic E-state index is 0.224. The first-order valence-corrected chi connectivity index (χ1v) is 7.19. The summed E-state index contributed by atoms with van der Waals surface area (Å²) < 4.78 is 5.60. The molecule has 0 atom stereocenters. The zero-order chi connectivity index (χ0) is 13.8. The highest BCUT2D eigenvalue weighted by Crippen LogP contribution is 2.21. The third-order valence-corrected chi connectivity index (χ3v) is 4.11. The van der Waals surface area contributed by atoms with E-state index < -0.39 is 0 Å². The molecule has 4 nitrogen and oxygen atoms in total. The van der Waals surface area contributed by atoms with Crippen LogP contribution >= 0.6 is 0 Å². The quantitative estimate of drug-likeness (QED) is 0.882. The Balaban J connectivity index is 2.01. The van der Waals surface area contributed by atoms with Crippen LogP contribution in [-0.4, -0.2) is 54.2 Å². The van der Waals surface area contributed by atoms with Crippen LogP contribution in [0.1, 0.15) is 29.9 Å². The molecule has 1 aromatic heterocycles. The van der Waals surface area contributed by atoms with E-state index in [1.165, 1.54) is 18.4 Å². The van der Waals surface area contributed by atoms with Crippen LogP contribution in [0.15, 0.2) is 10.5 Å². The van der Waals surface area contributed by atoms with Crippen molar-refractivity contribution in [2.75, 3.05) is 33.3 Å². The summed E-state index contributed by atoms with van der Waals surface area (Å²) in [6, 6.07) is 2.70. The highest BCUT2D eigenvalue weighted by Gasteiger charge is 2.23. The van der Waals surface area contributed by atoms with E-state index in [1.807, 2.05) is 13.8 Å². The predicted octanol–water partition coefficient (Wildman–Crippen LogP) is 1.78. The minimum Gasteiger partial charge on any atom is -0.466 e. The molecule has 1 saturated heterocycles. The summed E-state index contributed by atoms with van der Waals surface area (Å²) >= 11 is 0. The Morgan fingerprint density at radius 1 is 1.37 bits per heavy atom. The van der Waals surface area contributed by atoms with Crippen molar-refractivity contribution in [2.24, 2.45) is 0 Å². The summed E-state index contributed by atoms with van der Waals surface area (Å²) in [7, 11) is 2.18. The Morgan fingerprint density at radius 2 is 2.05 bits per heavy atom. The zero-order valence-electron chi connectivity index (χ0n) is 12.4. The molecular weight excluding hydrogens is 240 g/mol. The van der Waals surface area contributed by atoms with E-state index in [9.17, 15) is 5.11 Å². The van der Waals surface area contributed by atoms with Gasteiger partial charge in [-0.25, -0.2) is 0 Å². The molecule has 1 N–H and O–H groups in total. The first kappa shape index (κ1) is 14.6. The SMILES string of the molecule is Cc1cc(CN(CCO)C2CCN(C)CC2)c(C)o1. The number of aryl methyl sites for hydroxylation is 2. The lowest BCUT2D eigenvalue weighted by Gasteiger charge is -2.37. The molecule has 1 aliphatic rings. The van der Waals surface area contributed by atoms with Crippen LogP contribution in [0, 0.1) is 13.8 Å². The number of hydrogen-bond donors (Lipinski definition) is 1. The molecule has 0 aliphatic carbocycles. The summed E-state index contributed by atoms with van der Waals surface area (Å²) in [5.74, 6) is 1.98. The molecule has 0 radical (unpaired) electrons. The van der Waals surface area contributed by atoms with Crippen molar-refractivity contribution in [3.05, 3.63) is 23.2 Å². The van der Waals surface area contributed by atoms with Crippen molar-refractivity contribution in [3.63, 3.8) is 0 Å². The average molecular weight is 266 g/mol. The van der Waals surface area contributed by atoms with E-state index in [-0.39, 0.29) is 6.61 Å². The maximum atomic E-state index is 9.30. The number of rotatable bonds is 5. The normalized spacial score (nSPS) is 18.4. The van der Waals surface area contributed by atoms with Crippen LogP contribution in [-0.2, 0) is 6.54 Å². The molecule has 0 spiro atoms. The molecule has 1 aliphatic heterocycles. The van der Waals surface area contributed by atoms with Crippen LogP contribution in [0.3, 0.4) is 0 Å². The average Bonchev–Trinajstić information content (AvgIpc) is 2.68. The van der Waals surface area contributed by atoms with Gasteiger partial charge in [-0.3, -0.25) is 4.90 Å². The number of aliphatic hydroxyl groups is 1. The van der Waals surface area contributed by atoms with Gasteiger partial charge in [-0.2, -0.15) is 0 Å². The van der Waals surface area contributed by atoms with Crippen molar-refractivity contribution in [2.45, 2.75) is 39.3 Å².